The summed E-state index contributed by atoms with van der Waals surface area (Å²) in [5.41, 5.74) is 0.0974. The number of benzene rings is 2. The average molecular weight is 427 g/mol. The highest BCUT2D eigenvalue weighted by Gasteiger charge is 2.31. The minimum absolute atomic E-state index is 0.217. The molecule has 0 saturated carbocycles. The molecule has 1 heterocycles. The van der Waals surface area contributed by atoms with Gasteiger partial charge in [0.25, 0.3) is 0 Å². The van der Waals surface area contributed by atoms with Crippen LogP contribution in [0.3, 0.4) is 0 Å². The fourth-order valence-corrected chi connectivity index (χ4v) is 3.69. The van der Waals surface area contributed by atoms with Crippen LogP contribution in [0.4, 0.5) is 23.7 Å². The van der Waals surface area contributed by atoms with Gasteiger partial charge < -0.3 is 9.64 Å². The van der Waals surface area contributed by atoms with Crippen molar-refractivity contribution in [3.05, 3.63) is 53.1 Å². The van der Waals surface area contributed by atoms with Crippen LogP contribution in [0, 0.1) is 0 Å². The molecular formula is C21H22ClF3N2O2. The topological polar surface area (TPSA) is 41.6 Å². The zero-order valence-corrected chi connectivity index (χ0v) is 16.7. The van der Waals surface area contributed by atoms with Gasteiger partial charge in [0.1, 0.15) is 0 Å². The van der Waals surface area contributed by atoms with Crippen molar-refractivity contribution in [2.24, 2.45) is 0 Å². The molecule has 0 radical (unpaired) electrons. The first kappa shape index (κ1) is 21.5. The number of nitrogens with one attached hydrogen (secondary N) is 1. The monoisotopic (exact) mass is 426 g/mol. The largest absolute Gasteiger partial charge is 0.449 e. The number of alkyl halides is 3. The Hall–Kier alpha value is -2.25. The van der Waals surface area contributed by atoms with Crippen LogP contribution in [0.2, 0.25) is 5.02 Å². The minimum Gasteiger partial charge on any atom is -0.449 e. The third-order valence-corrected chi connectivity index (χ3v) is 5.31. The molecule has 1 aliphatic heterocycles. The van der Waals surface area contributed by atoms with E-state index >= 15 is 0 Å². The van der Waals surface area contributed by atoms with Gasteiger partial charge in [-0.1, -0.05) is 23.7 Å². The number of hydrogen-bond acceptors (Lipinski definition) is 3. The van der Waals surface area contributed by atoms with Crippen LogP contribution in [-0.4, -0.2) is 37.2 Å². The summed E-state index contributed by atoms with van der Waals surface area (Å²) < 4.78 is 44.7. The lowest BCUT2D eigenvalue weighted by molar-refractivity contribution is -0.137. The molecule has 1 N–H and O–H groups in total. The lowest BCUT2D eigenvalue weighted by Gasteiger charge is -2.19. The zero-order chi connectivity index (χ0) is 21.0. The molecule has 2 aromatic carbocycles. The van der Waals surface area contributed by atoms with E-state index in [1.165, 1.54) is 6.07 Å². The number of anilines is 1. The van der Waals surface area contributed by atoms with Crippen LogP contribution < -0.4 is 5.32 Å². The molecular weight excluding hydrogens is 405 g/mol. The Bertz CT molecular complexity index is 873. The smallest absolute Gasteiger partial charge is 0.416 e. The number of ether oxygens (including phenoxy) is 1. The van der Waals surface area contributed by atoms with Gasteiger partial charge >= 0.3 is 12.3 Å². The second-order valence-corrected chi connectivity index (χ2v) is 7.53. The van der Waals surface area contributed by atoms with E-state index in [2.05, 4.69) is 10.2 Å². The Labute approximate surface area is 172 Å². The molecule has 29 heavy (non-hydrogen) atoms. The molecule has 0 aliphatic carbocycles. The summed E-state index contributed by atoms with van der Waals surface area (Å²) in [5.74, 6) is 0. The summed E-state index contributed by atoms with van der Waals surface area (Å²) >= 11 is 5.99. The maximum atomic E-state index is 13.2. The standard InChI is InChI=1S/C21H22ClF3N2O2/c1-27-10-3-6-17(27)9-11-29-20(28)26-19-8-7-15(21(23,24)25)13-18(19)14-4-2-5-16(22)12-14/h2,4-5,7-8,12-13,17H,3,6,9-11H2,1H3,(H,26,28). The number of amides is 1. The zero-order valence-electron chi connectivity index (χ0n) is 15.9. The predicted octanol–water partition coefficient (Wildman–Crippen LogP) is 6.06. The van der Waals surface area contributed by atoms with Gasteiger partial charge in [-0.2, -0.15) is 13.2 Å². The molecule has 0 aromatic heterocycles. The third kappa shape index (κ3) is 5.64. The van der Waals surface area contributed by atoms with E-state index in [1.807, 2.05) is 7.05 Å². The number of hydrogen-bond donors (Lipinski definition) is 1. The normalized spacial score (nSPS) is 17.3. The third-order valence-electron chi connectivity index (χ3n) is 5.07. The predicted molar refractivity (Wildman–Crippen MR) is 107 cm³/mol. The summed E-state index contributed by atoms with van der Waals surface area (Å²) in [4.78, 5) is 14.4. The van der Waals surface area contributed by atoms with Crippen LogP contribution in [-0.2, 0) is 10.9 Å². The Morgan fingerprint density at radius 1 is 1.28 bits per heavy atom. The molecule has 2 aromatic rings. The van der Waals surface area contributed by atoms with Crippen molar-refractivity contribution in [1.29, 1.82) is 0 Å². The molecule has 0 spiro atoms. The number of likely N-dealkylation sites (tertiary alicyclic amines) is 1. The van der Waals surface area contributed by atoms with Crippen LogP contribution in [0.5, 0.6) is 0 Å². The average Bonchev–Trinajstić information content (AvgIpc) is 3.06. The van der Waals surface area contributed by atoms with Gasteiger partial charge in [-0.15, -0.1) is 0 Å². The first-order valence-corrected chi connectivity index (χ1v) is 9.73. The second kappa shape index (κ2) is 9.05. The molecule has 0 bridgehead atoms. The lowest BCUT2D eigenvalue weighted by atomic mass is 10.0. The highest BCUT2D eigenvalue weighted by Crippen LogP contribution is 2.37. The minimum atomic E-state index is -4.50. The summed E-state index contributed by atoms with van der Waals surface area (Å²) in [7, 11) is 2.04. The molecule has 1 atom stereocenters. The van der Waals surface area contributed by atoms with Gasteiger partial charge in [0.2, 0.25) is 0 Å². The van der Waals surface area contributed by atoms with Gasteiger partial charge in [0.15, 0.2) is 0 Å². The number of carbonyl (C=O) groups excluding carboxylic acids is 1. The van der Waals surface area contributed by atoms with Crippen molar-refractivity contribution in [1.82, 2.24) is 4.90 Å². The van der Waals surface area contributed by atoms with Crippen molar-refractivity contribution < 1.29 is 22.7 Å². The van der Waals surface area contributed by atoms with Crippen molar-refractivity contribution in [2.75, 3.05) is 25.5 Å². The van der Waals surface area contributed by atoms with E-state index in [4.69, 9.17) is 16.3 Å². The van der Waals surface area contributed by atoms with E-state index in [9.17, 15) is 18.0 Å². The number of carbonyl (C=O) groups is 1. The number of halogens is 4. The molecule has 8 heteroatoms. The molecule has 1 saturated heterocycles. The van der Waals surface area contributed by atoms with Gasteiger partial charge in [-0.25, -0.2) is 4.79 Å². The number of nitrogens with zero attached hydrogens (tertiary/aromatic N) is 1. The molecule has 1 amide bonds. The van der Waals surface area contributed by atoms with Crippen molar-refractivity contribution >= 4 is 23.4 Å². The van der Waals surface area contributed by atoms with E-state index in [0.717, 1.165) is 37.9 Å². The second-order valence-electron chi connectivity index (χ2n) is 7.09. The Morgan fingerprint density at radius 2 is 2.07 bits per heavy atom. The van der Waals surface area contributed by atoms with Gasteiger partial charge in [-0.05, 0) is 68.8 Å². The highest BCUT2D eigenvalue weighted by molar-refractivity contribution is 6.30. The van der Waals surface area contributed by atoms with Crippen LogP contribution in [0.15, 0.2) is 42.5 Å². The highest BCUT2D eigenvalue weighted by atomic mass is 35.5. The first-order chi connectivity index (χ1) is 13.7. The molecule has 1 unspecified atom stereocenters. The number of rotatable bonds is 5. The Kier molecular flexibility index (Phi) is 6.70. The van der Waals surface area contributed by atoms with Crippen molar-refractivity contribution in [2.45, 2.75) is 31.5 Å². The van der Waals surface area contributed by atoms with Crippen LogP contribution in [0.25, 0.3) is 11.1 Å². The van der Waals surface area contributed by atoms with Crippen LogP contribution in [0.1, 0.15) is 24.8 Å². The fraction of sp³-hybridized carbons (Fsp3) is 0.381. The summed E-state index contributed by atoms with van der Waals surface area (Å²) in [6.45, 7) is 1.28. The molecule has 156 valence electrons. The molecule has 1 aliphatic rings. The maximum Gasteiger partial charge on any atom is 0.416 e. The van der Waals surface area contributed by atoms with E-state index in [0.29, 0.717) is 16.6 Å². The van der Waals surface area contributed by atoms with E-state index < -0.39 is 17.8 Å². The van der Waals surface area contributed by atoms with Crippen LogP contribution >= 0.6 is 11.6 Å². The van der Waals surface area contributed by atoms with E-state index in [1.54, 1.807) is 24.3 Å². The summed E-state index contributed by atoms with van der Waals surface area (Å²) in [6.07, 6.45) is -2.28. The van der Waals surface area contributed by atoms with Crippen molar-refractivity contribution in [3.63, 3.8) is 0 Å². The van der Waals surface area contributed by atoms with Crippen molar-refractivity contribution in [3.8, 4) is 11.1 Å². The van der Waals surface area contributed by atoms with Gasteiger partial charge in [0.05, 0.1) is 17.9 Å². The van der Waals surface area contributed by atoms with Gasteiger partial charge in [-0.3, -0.25) is 5.32 Å². The Balaban J connectivity index is 1.74. The quantitative estimate of drug-likeness (QED) is 0.632. The Morgan fingerprint density at radius 3 is 2.72 bits per heavy atom. The summed E-state index contributed by atoms with van der Waals surface area (Å²) in [5, 5.41) is 2.94. The maximum absolute atomic E-state index is 13.2. The van der Waals surface area contributed by atoms with E-state index in [-0.39, 0.29) is 17.9 Å². The van der Waals surface area contributed by atoms with Gasteiger partial charge in [0, 0.05) is 16.6 Å². The first-order valence-electron chi connectivity index (χ1n) is 9.35. The fourth-order valence-electron chi connectivity index (χ4n) is 3.50. The molecule has 4 nitrogen and oxygen atoms in total. The molecule has 3 rings (SSSR count). The lowest BCUT2D eigenvalue weighted by Crippen LogP contribution is -2.27. The SMILES string of the molecule is CN1CCCC1CCOC(=O)Nc1ccc(C(F)(F)F)cc1-c1cccc(Cl)c1. The molecule has 1 fully saturated rings. The summed E-state index contributed by atoms with van der Waals surface area (Å²) in [6, 6.07) is 9.97.